The number of hydrogen-bond donors (Lipinski definition) is 2. The van der Waals surface area contributed by atoms with Gasteiger partial charge in [0.15, 0.2) is 0 Å². The predicted molar refractivity (Wildman–Crippen MR) is 58.3 cm³/mol. The highest BCUT2D eigenvalue weighted by Crippen LogP contribution is 1.97. The first-order valence-electron chi connectivity index (χ1n) is 5.19. The van der Waals surface area contributed by atoms with Crippen LogP contribution in [-0.2, 0) is 17.9 Å². The van der Waals surface area contributed by atoms with Crippen molar-refractivity contribution in [2.24, 2.45) is 0 Å². The molecule has 0 fully saturated rings. The summed E-state index contributed by atoms with van der Waals surface area (Å²) in [5, 5.41) is 9.80. The van der Waals surface area contributed by atoms with E-state index >= 15 is 0 Å². The molecule has 0 aliphatic heterocycles. The summed E-state index contributed by atoms with van der Waals surface area (Å²) >= 11 is 0. The number of likely N-dealkylation sites (N-methyl/N-ethyl adjacent to an activating group) is 1. The van der Waals surface area contributed by atoms with Crippen molar-refractivity contribution < 1.29 is 4.79 Å². The highest BCUT2D eigenvalue weighted by molar-refractivity contribution is 5.77. The van der Waals surface area contributed by atoms with Crippen molar-refractivity contribution >= 4 is 5.91 Å². The molecule has 84 valence electrons. The monoisotopic (exact) mass is 210 g/mol. The van der Waals surface area contributed by atoms with Crippen LogP contribution >= 0.6 is 0 Å². The summed E-state index contributed by atoms with van der Waals surface area (Å²) in [5.74, 6) is -0.00375. The molecular weight excluding hydrogens is 192 g/mol. The predicted octanol–water partition coefficient (Wildman–Crippen LogP) is 0.129. The standard InChI is InChI=1S/C10H18N4O/c1-3-4-14-8-9(6-13-14)5-12-7-10(15)11-2/h6,8,12H,3-5,7H2,1-2H3,(H,11,15). The fraction of sp³-hybridized carbons (Fsp3) is 0.600. The van der Waals surface area contributed by atoms with E-state index in [-0.39, 0.29) is 5.91 Å². The number of nitrogens with zero attached hydrogens (tertiary/aromatic N) is 2. The lowest BCUT2D eigenvalue weighted by Crippen LogP contribution is -2.30. The topological polar surface area (TPSA) is 59.0 Å². The Morgan fingerprint density at radius 1 is 1.60 bits per heavy atom. The van der Waals surface area contributed by atoms with Crippen LogP contribution in [0.5, 0.6) is 0 Å². The molecule has 1 rings (SSSR count). The number of carbonyl (C=O) groups is 1. The van der Waals surface area contributed by atoms with Gasteiger partial charge in [-0.2, -0.15) is 5.10 Å². The maximum atomic E-state index is 10.9. The number of aryl methyl sites for hydroxylation is 1. The summed E-state index contributed by atoms with van der Waals surface area (Å²) in [6, 6.07) is 0. The summed E-state index contributed by atoms with van der Waals surface area (Å²) in [5.41, 5.74) is 1.10. The minimum Gasteiger partial charge on any atom is -0.358 e. The second kappa shape index (κ2) is 6.19. The average Bonchev–Trinajstić information content (AvgIpc) is 2.66. The third kappa shape index (κ3) is 4.12. The minimum absolute atomic E-state index is 0.00375. The summed E-state index contributed by atoms with van der Waals surface area (Å²) in [4.78, 5) is 10.9. The molecule has 1 aromatic heterocycles. The number of rotatable bonds is 6. The Kier molecular flexibility index (Phi) is 4.83. The summed E-state index contributed by atoms with van der Waals surface area (Å²) in [6.45, 7) is 4.08. The van der Waals surface area contributed by atoms with Crippen LogP contribution in [0.4, 0.5) is 0 Å². The van der Waals surface area contributed by atoms with Gasteiger partial charge in [-0.05, 0) is 6.42 Å². The lowest BCUT2D eigenvalue weighted by atomic mass is 10.3. The highest BCUT2D eigenvalue weighted by Gasteiger charge is 1.99. The fourth-order valence-electron chi connectivity index (χ4n) is 1.26. The molecular formula is C10H18N4O. The van der Waals surface area contributed by atoms with E-state index in [1.807, 2.05) is 17.1 Å². The molecule has 0 atom stereocenters. The number of aromatic nitrogens is 2. The molecule has 5 heteroatoms. The molecule has 1 amide bonds. The van der Waals surface area contributed by atoms with E-state index in [1.54, 1.807) is 7.05 Å². The lowest BCUT2D eigenvalue weighted by Gasteiger charge is -2.01. The number of carbonyl (C=O) groups excluding carboxylic acids is 1. The summed E-state index contributed by atoms with van der Waals surface area (Å²) in [6.07, 6.45) is 4.90. The van der Waals surface area contributed by atoms with Crippen molar-refractivity contribution in [1.29, 1.82) is 0 Å². The second-order valence-corrected chi connectivity index (χ2v) is 3.39. The van der Waals surface area contributed by atoms with Gasteiger partial charge in [-0.1, -0.05) is 6.92 Å². The van der Waals surface area contributed by atoms with Crippen LogP contribution < -0.4 is 10.6 Å². The molecule has 0 radical (unpaired) electrons. The van der Waals surface area contributed by atoms with Crippen LogP contribution in [0.25, 0.3) is 0 Å². The molecule has 0 aromatic carbocycles. The van der Waals surface area contributed by atoms with Gasteiger partial charge in [-0.25, -0.2) is 0 Å². The first kappa shape index (κ1) is 11.7. The Morgan fingerprint density at radius 3 is 3.07 bits per heavy atom. The number of hydrogen-bond acceptors (Lipinski definition) is 3. The highest BCUT2D eigenvalue weighted by atomic mass is 16.1. The summed E-state index contributed by atoms with van der Waals surface area (Å²) < 4.78 is 1.91. The minimum atomic E-state index is -0.00375. The second-order valence-electron chi connectivity index (χ2n) is 3.39. The van der Waals surface area contributed by atoms with Gasteiger partial charge < -0.3 is 10.6 Å². The molecule has 0 saturated carbocycles. The smallest absolute Gasteiger partial charge is 0.233 e. The Bertz CT molecular complexity index is 308. The van der Waals surface area contributed by atoms with Gasteiger partial charge in [0.2, 0.25) is 5.91 Å². The van der Waals surface area contributed by atoms with Crippen molar-refractivity contribution in [2.75, 3.05) is 13.6 Å². The molecule has 0 saturated heterocycles. The van der Waals surface area contributed by atoms with Gasteiger partial charge in [0, 0.05) is 31.9 Å². The van der Waals surface area contributed by atoms with Crippen LogP contribution in [0.2, 0.25) is 0 Å². The molecule has 0 spiro atoms. The van der Waals surface area contributed by atoms with Crippen molar-refractivity contribution in [3.63, 3.8) is 0 Å². The van der Waals surface area contributed by atoms with Crippen LogP contribution in [-0.4, -0.2) is 29.3 Å². The number of amides is 1. The van der Waals surface area contributed by atoms with Crippen molar-refractivity contribution in [3.05, 3.63) is 18.0 Å². The molecule has 0 aliphatic rings. The van der Waals surface area contributed by atoms with Crippen molar-refractivity contribution in [3.8, 4) is 0 Å². The molecule has 5 nitrogen and oxygen atoms in total. The van der Waals surface area contributed by atoms with E-state index in [0.717, 1.165) is 18.5 Å². The molecule has 2 N–H and O–H groups in total. The number of nitrogens with one attached hydrogen (secondary N) is 2. The molecule has 15 heavy (non-hydrogen) atoms. The fourth-order valence-corrected chi connectivity index (χ4v) is 1.26. The van der Waals surface area contributed by atoms with Crippen molar-refractivity contribution in [2.45, 2.75) is 26.4 Å². The SMILES string of the molecule is CCCn1cc(CNCC(=O)NC)cn1. The zero-order chi connectivity index (χ0) is 11.1. The average molecular weight is 210 g/mol. The molecule has 0 bridgehead atoms. The van der Waals surface area contributed by atoms with Crippen molar-refractivity contribution in [1.82, 2.24) is 20.4 Å². The quantitative estimate of drug-likeness (QED) is 0.701. The Morgan fingerprint density at radius 2 is 2.40 bits per heavy atom. The van der Waals surface area contributed by atoms with Crippen LogP contribution in [0.3, 0.4) is 0 Å². The maximum Gasteiger partial charge on any atom is 0.233 e. The van der Waals surface area contributed by atoms with E-state index in [2.05, 4.69) is 22.7 Å². The Balaban J connectivity index is 2.28. The first-order chi connectivity index (χ1) is 7.26. The summed E-state index contributed by atoms with van der Waals surface area (Å²) in [7, 11) is 1.63. The van der Waals surface area contributed by atoms with E-state index < -0.39 is 0 Å². The lowest BCUT2D eigenvalue weighted by molar-refractivity contribution is -0.119. The largest absolute Gasteiger partial charge is 0.358 e. The van der Waals surface area contributed by atoms with E-state index in [9.17, 15) is 4.79 Å². The Hall–Kier alpha value is -1.36. The Labute approximate surface area is 89.9 Å². The van der Waals surface area contributed by atoms with E-state index in [4.69, 9.17) is 0 Å². The zero-order valence-electron chi connectivity index (χ0n) is 9.29. The van der Waals surface area contributed by atoms with Crippen LogP contribution in [0.15, 0.2) is 12.4 Å². The third-order valence-electron chi connectivity index (χ3n) is 2.03. The molecule has 1 aromatic rings. The van der Waals surface area contributed by atoms with E-state index in [0.29, 0.717) is 13.1 Å². The van der Waals surface area contributed by atoms with Crippen LogP contribution in [0.1, 0.15) is 18.9 Å². The first-order valence-corrected chi connectivity index (χ1v) is 5.19. The van der Waals surface area contributed by atoms with Gasteiger partial charge in [0.1, 0.15) is 0 Å². The third-order valence-corrected chi connectivity index (χ3v) is 2.03. The van der Waals surface area contributed by atoms with Gasteiger partial charge in [0.05, 0.1) is 12.7 Å². The maximum absolute atomic E-state index is 10.9. The van der Waals surface area contributed by atoms with E-state index in [1.165, 1.54) is 0 Å². The van der Waals surface area contributed by atoms with Gasteiger partial charge in [0.25, 0.3) is 0 Å². The molecule has 0 unspecified atom stereocenters. The molecule has 0 aliphatic carbocycles. The van der Waals surface area contributed by atoms with Gasteiger partial charge in [-0.3, -0.25) is 9.48 Å². The molecule has 1 heterocycles. The van der Waals surface area contributed by atoms with Crippen LogP contribution in [0, 0.1) is 0 Å². The van der Waals surface area contributed by atoms with Gasteiger partial charge in [-0.15, -0.1) is 0 Å². The normalized spacial score (nSPS) is 10.3. The van der Waals surface area contributed by atoms with Gasteiger partial charge >= 0.3 is 0 Å². The zero-order valence-corrected chi connectivity index (χ0v) is 9.29.